The Hall–Kier alpha value is -3.06. The number of rotatable bonds is 3. The van der Waals surface area contributed by atoms with Crippen LogP contribution in [-0.2, 0) is 9.53 Å². The van der Waals surface area contributed by atoms with Gasteiger partial charge in [-0.2, -0.15) is 0 Å². The number of aromatic nitrogens is 1. The highest BCUT2D eigenvalue weighted by Gasteiger charge is 2.35. The molecule has 3 aliphatic rings. The molecule has 1 atom stereocenters. The summed E-state index contributed by atoms with van der Waals surface area (Å²) >= 11 is 6.34. The monoisotopic (exact) mass is 550 g/mol. The maximum Gasteiger partial charge on any atom is 0.410 e. The van der Waals surface area contributed by atoms with Crippen molar-refractivity contribution in [3.8, 4) is 0 Å². The molecule has 2 aliphatic heterocycles. The van der Waals surface area contributed by atoms with Crippen molar-refractivity contribution in [3.63, 3.8) is 0 Å². The van der Waals surface area contributed by atoms with Crippen LogP contribution in [0, 0.1) is 11.8 Å². The molecule has 0 saturated carbocycles. The molecule has 7 nitrogen and oxygen atoms in total. The number of hydrogen-bond donors (Lipinski definition) is 1. The van der Waals surface area contributed by atoms with E-state index in [-0.39, 0.29) is 17.9 Å². The number of halogens is 1. The van der Waals surface area contributed by atoms with Crippen molar-refractivity contribution in [2.45, 2.75) is 64.4 Å². The highest BCUT2D eigenvalue weighted by molar-refractivity contribution is 6.30. The number of anilines is 1. The van der Waals surface area contributed by atoms with Crippen molar-refractivity contribution in [1.82, 2.24) is 14.8 Å². The predicted molar refractivity (Wildman–Crippen MR) is 155 cm³/mol. The standard InChI is InChI=1S/C31H39ClN4O3/c1-31(2,3)39-30(38)36-12-8-20(9-13-36)16-27(37)35-14-10-21(11-15-35)28-26-7-6-24(32)17-22(26)4-5-23-18-25(33)19-34-29(23)28/h4-7,17-21,28H,8-16,33H2,1-3H3. The maximum absolute atomic E-state index is 13.2. The Labute approximate surface area is 236 Å². The van der Waals surface area contributed by atoms with E-state index < -0.39 is 5.60 Å². The second-order valence-corrected chi connectivity index (χ2v) is 12.6. The van der Waals surface area contributed by atoms with Crippen molar-refractivity contribution >= 4 is 41.4 Å². The molecule has 2 aromatic rings. The van der Waals surface area contributed by atoms with Crippen molar-refractivity contribution < 1.29 is 14.3 Å². The van der Waals surface area contributed by atoms with Gasteiger partial charge in [0.15, 0.2) is 0 Å². The summed E-state index contributed by atoms with van der Waals surface area (Å²) in [5, 5.41) is 0.716. The fourth-order valence-corrected chi connectivity index (χ4v) is 6.36. The Bertz CT molecular complexity index is 1200. The molecule has 1 aromatic heterocycles. The van der Waals surface area contributed by atoms with Crippen LogP contribution in [0.1, 0.15) is 81.2 Å². The number of likely N-dealkylation sites (tertiary alicyclic amines) is 2. The number of benzene rings is 1. The Morgan fingerprint density at radius 3 is 2.36 bits per heavy atom. The summed E-state index contributed by atoms with van der Waals surface area (Å²) in [4.78, 5) is 34.2. The van der Waals surface area contributed by atoms with Crippen molar-refractivity contribution in [3.05, 3.63) is 57.9 Å². The summed E-state index contributed by atoms with van der Waals surface area (Å²) < 4.78 is 5.50. The average molecular weight is 551 g/mol. The van der Waals surface area contributed by atoms with Crippen LogP contribution in [0.2, 0.25) is 5.02 Å². The van der Waals surface area contributed by atoms with E-state index in [4.69, 9.17) is 27.1 Å². The fourth-order valence-electron chi connectivity index (χ4n) is 6.18. The van der Waals surface area contributed by atoms with Gasteiger partial charge in [0.1, 0.15) is 5.60 Å². The number of nitrogen functional groups attached to an aromatic ring is 1. The van der Waals surface area contributed by atoms with E-state index in [0.717, 1.165) is 55.6 Å². The van der Waals surface area contributed by atoms with Gasteiger partial charge in [0.05, 0.1) is 17.6 Å². The average Bonchev–Trinajstić information content (AvgIpc) is 3.04. The molecule has 1 aliphatic carbocycles. The number of piperidine rings is 2. The first kappa shape index (κ1) is 27.5. The lowest BCUT2D eigenvalue weighted by Crippen LogP contribution is -2.44. The van der Waals surface area contributed by atoms with Crippen LogP contribution in [0.3, 0.4) is 0 Å². The van der Waals surface area contributed by atoms with Crippen LogP contribution in [0.15, 0.2) is 30.5 Å². The van der Waals surface area contributed by atoms with Gasteiger partial charge in [-0.05, 0) is 93.2 Å². The van der Waals surface area contributed by atoms with Gasteiger partial charge in [-0.15, -0.1) is 0 Å². The fraction of sp³-hybridized carbons (Fsp3) is 0.516. The first-order chi connectivity index (χ1) is 18.6. The first-order valence-corrected chi connectivity index (χ1v) is 14.4. The number of nitrogens with two attached hydrogens (primary N) is 1. The van der Waals surface area contributed by atoms with Gasteiger partial charge in [0.2, 0.25) is 5.91 Å². The first-order valence-electron chi connectivity index (χ1n) is 14.1. The van der Waals surface area contributed by atoms with E-state index >= 15 is 0 Å². The van der Waals surface area contributed by atoms with Crippen molar-refractivity contribution in [2.75, 3.05) is 31.9 Å². The Morgan fingerprint density at radius 2 is 1.67 bits per heavy atom. The van der Waals surface area contributed by atoms with Crippen LogP contribution in [0.4, 0.5) is 10.5 Å². The summed E-state index contributed by atoms with van der Waals surface area (Å²) in [6, 6.07) is 8.09. The van der Waals surface area contributed by atoms with Gasteiger partial charge in [0.25, 0.3) is 0 Å². The second-order valence-electron chi connectivity index (χ2n) is 12.2. The summed E-state index contributed by atoms with van der Waals surface area (Å²) in [6.45, 7) is 8.42. The number of pyridine rings is 1. The van der Waals surface area contributed by atoms with Gasteiger partial charge in [-0.1, -0.05) is 29.8 Å². The third kappa shape index (κ3) is 6.40. The number of ether oxygens (including phenoxy) is 1. The Morgan fingerprint density at radius 1 is 1.00 bits per heavy atom. The topological polar surface area (TPSA) is 88.8 Å². The molecule has 8 heteroatoms. The lowest BCUT2D eigenvalue weighted by atomic mass is 9.76. The minimum Gasteiger partial charge on any atom is -0.444 e. The summed E-state index contributed by atoms with van der Waals surface area (Å²) in [6.07, 6.45) is 9.73. The molecule has 2 amide bonds. The van der Waals surface area contributed by atoms with E-state index in [9.17, 15) is 9.59 Å². The molecule has 2 saturated heterocycles. The van der Waals surface area contributed by atoms with Gasteiger partial charge in [-0.25, -0.2) is 4.79 Å². The number of fused-ring (bicyclic) bond motifs is 2. The third-order valence-corrected chi connectivity index (χ3v) is 8.42. The largest absolute Gasteiger partial charge is 0.444 e. The van der Waals surface area contributed by atoms with Gasteiger partial charge in [0, 0.05) is 43.5 Å². The predicted octanol–water partition coefficient (Wildman–Crippen LogP) is 6.21. The van der Waals surface area contributed by atoms with Crippen LogP contribution in [0.5, 0.6) is 0 Å². The highest BCUT2D eigenvalue weighted by Crippen LogP contribution is 2.43. The lowest BCUT2D eigenvalue weighted by Gasteiger charge is -2.38. The SMILES string of the molecule is CC(C)(C)OC(=O)N1CCC(CC(=O)N2CCC(C3c4ccc(Cl)cc4C=Cc4cc(N)cnc43)CC2)CC1. The quantitative estimate of drug-likeness (QED) is 0.491. The number of hydrogen-bond acceptors (Lipinski definition) is 5. The molecular weight excluding hydrogens is 512 g/mol. The molecule has 2 fully saturated rings. The van der Waals surface area contributed by atoms with Crippen molar-refractivity contribution in [2.24, 2.45) is 11.8 Å². The second kappa shape index (κ2) is 11.2. The zero-order chi connectivity index (χ0) is 27.7. The van der Waals surface area contributed by atoms with Crippen LogP contribution < -0.4 is 5.73 Å². The van der Waals surface area contributed by atoms with E-state index in [2.05, 4.69) is 18.2 Å². The molecule has 3 heterocycles. The number of nitrogens with zero attached hydrogens (tertiary/aromatic N) is 3. The molecule has 2 N–H and O–H groups in total. The minimum absolute atomic E-state index is 0.123. The van der Waals surface area contributed by atoms with Crippen LogP contribution in [0.25, 0.3) is 12.2 Å². The molecule has 1 aromatic carbocycles. The van der Waals surface area contributed by atoms with E-state index in [1.807, 2.05) is 43.9 Å². The minimum atomic E-state index is -0.496. The van der Waals surface area contributed by atoms with Gasteiger partial charge in [-0.3, -0.25) is 9.78 Å². The normalized spacial score (nSPS) is 20.3. The van der Waals surface area contributed by atoms with E-state index in [0.29, 0.717) is 42.1 Å². The zero-order valence-corrected chi connectivity index (χ0v) is 23.9. The number of carbonyl (C=O) groups excluding carboxylic acids is 2. The van der Waals surface area contributed by atoms with Crippen LogP contribution >= 0.6 is 11.6 Å². The van der Waals surface area contributed by atoms with E-state index in [1.54, 1.807) is 11.1 Å². The number of amides is 2. The van der Waals surface area contributed by atoms with Gasteiger partial charge < -0.3 is 20.3 Å². The summed E-state index contributed by atoms with van der Waals surface area (Å²) in [7, 11) is 0. The smallest absolute Gasteiger partial charge is 0.410 e. The Kier molecular flexibility index (Phi) is 7.90. The Balaban J connectivity index is 1.20. The molecule has 5 rings (SSSR count). The lowest BCUT2D eigenvalue weighted by molar-refractivity contribution is -0.134. The number of carbonyl (C=O) groups is 2. The van der Waals surface area contributed by atoms with Crippen molar-refractivity contribution in [1.29, 1.82) is 0 Å². The van der Waals surface area contributed by atoms with Crippen LogP contribution in [-0.4, -0.2) is 58.6 Å². The third-order valence-electron chi connectivity index (χ3n) is 8.18. The molecule has 1 unspecified atom stereocenters. The molecular formula is C31H39ClN4O3. The molecule has 0 bridgehead atoms. The summed E-state index contributed by atoms with van der Waals surface area (Å²) in [5.74, 6) is 1.02. The van der Waals surface area contributed by atoms with E-state index in [1.165, 1.54) is 5.56 Å². The highest BCUT2D eigenvalue weighted by atomic mass is 35.5. The summed E-state index contributed by atoms with van der Waals surface area (Å²) in [5.41, 5.74) is 10.7. The maximum atomic E-state index is 13.2. The molecule has 39 heavy (non-hydrogen) atoms. The zero-order valence-electron chi connectivity index (χ0n) is 23.2. The van der Waals surface area contributed by atoms with Gasteiger partial charge >= 0.3 is 6.09 Å². The molecule has 0 spiro atoms. The molecule has 0 radical (unpaired) electrons. The molecule has 208 valence electrons.